The number of allylic oxidation sites excluding steroid dienone is 2. The summed E-state index contributed by atoms with van der Waals surface area (Å²) < 4.78 is 0. The minimum absolute atomic E-state index is 0.284. The van der Waals surface area contributed by atoms with Crippen LogP contribution in [0.3, 0.4) is 0 Å². The van der Waals surface area contributed by atoms with E-state index in [2.05, 4.69) is 62.9 Å². The van der Waals surface area contributed by atoms with Crippen LogP contribution >= 0.6 is 0 Å². The Kier molecular flexibility index (Phi) is 4.87. The highest BCUT2D eigenvalue weighted by Gasteiger charge is 2.28. The van der Waals surface area contributed by atoms with Gasteiger partial charge >= 0.3 is 0 Å². The molecule has 0 aromatic heterocycles. The molecule has 0 saturated heterocycles. The molecule has 1 aliphatic rings. The van der Waals surface area contributed by atoms with E-state index in [9.17, 15) is 0 Å². The Balaban J connectivity index is 2.18. The fourth-order valence-electron chi connectivity index (χ4n) is 3.19. The van der Waals surface area contributed by atoms with E-state index < -0.39 is 0 Å². The zero-order valence-corrected chi connectivity index (χ0v) is 13.9. The Hall–Kier alpha value is -1.57. The van der Waals surface area contributed by atoms with Gasteiger partial charge in [0, 0.05) is 18.7 Å². The van der Waals surface area contributed by atoms with Crippen molar-refractivity contribution in [2.45, 2.75) is 47.0 Å². The van der Waals surface area contributed by atoms with E-state index in [4.69, 9.17) is 5.41 Å². The van der Waals surface area contributed by atoms with Crippen LogP contribution in [0.1, 0.15) is 58.1 Å². The first-order valence-corrected chi connectivity index (χ1v) is 8.14. The van der Waals surface area contributed by atoms with Gasteiger partial charge in [0.1, 0.15) is 5.84 Å². The summed E-state index contributed by atoms with van der Waals surface area (Å²) in [7, 11) is 0. The van der Waals surface area contributed by atoms with Gasteiger partial charge in [-0.15, -0.1) is 0 Å². The van der Waals surface area contributed by atoms with Gasteiger partial charge in [0.25, 0.3) is 0 Å². The summed E-state index contributed by atoms with van der Waals surface area (Å²) in [5.41, 5.74) is 4.08. The molecule has 0 atom stereocenters. The molecule has 21 heavy (non-hydrogen) atoms. The molecule has 0 saturated carbocycles. The van der Waals surface area contributed by atoms with E-state index in [1.807, 2.05) is 0 Å². The lowest BCUT2D eigenvalue weighted by molar-refractivity contribution is 0.438. The van der Waals surface area contributed by atoms with E-state index in [1.165, 1.54) is 24.0 Å². The number of amidine groups is 1. The maximum absolute atomic E-state index is 8.36. The molecule has 0 radical (unpaired) electrons. The summed E-state index contributed by atoms with van der Waals surface area (Å²) in [6, 6.07) is 8.57. The molecule has 0 fully saturated rings. The second kappa shape index (κ2) is 6.46. The first kappa shape index (κ1) is 15.8. The Morgan fingerprint density at radius 1 is 1.19 bits per heavy atom. The predicted octanol–water partition coefficient (Wildman–Crippen LogP) is 4.95. The van der Waals surface area contributed by atoms with Crippen molar-refractivity contribution in [3.8, 4) is 0 Å². The molecule has 0 unspecified atom stereocenters. The van der Waals surface area contributed by atoms with Crippen LogP contribution in [0.25, 0.3) is 5.57 Å². The molecule has 0 aliphatic heterocycles. The van der Waals surface area contributed by atoms with Crippen molar-refractivity contribution in [2.75, 3.05) is 13.1 Å². The minimum Gasteiger partial charge on any atom is -0.357 e. The highest BCUT2D eigenvalue weighted by Crippen LogP contribution is 2.43. The predicted molar refractivity (Wildman–Crippen MR) is 91.8 cm³/mol. The van der Waals surface area contributed by atoms with Gasteiger partial charge in [-0.25, -0.2) is 0 Å². The van der Waals surface area contributed by atoms with Gasteiger partial charge in [0.15, 0.2) is 0 Å². The van der Waals surface area contributed by atoms with Gasteiger partial charge in [-0.2, -0.15) is 0 Å². The Labute approximate surface area is 129 Å². The largest absolute Gasteiger partial charge is 0.357 e. The highest BCUT2D eigenvalue weighted by atomic mass is 15.2. The van der Waals surface area contributed by atoms with Crippen LogP contribution in [-0.4, -0.2) is 23.8 Å². The summed E-state index contributed by atoms with van der Waals surface area (Å²) >= 11 is 0. The summed E-state index contributed by atoms with van der Waals surface area (Å²) in [6.07, 6.45) is 5.87. The molecule has 0 spiro atoms. The fourth-order valence-corrected chi connectivity index (χ4v) is 3.19. The van der Waals surface area contributed by atoms with E-state index in [1.54, 1.807) is 0 Å². The van der Waals surface area contributed by atoms with Crippen LogP contribution in [0.2, 0.25) is 0 Å². The number of hydrogen-bond acceptors (Lipinski definition) is 1. The quantitative estimate of drug-likeness (QED) is 0.601. The normalized spacial score (nSPS) is 16.7. The third-order valence-electron chi connectivity index (χ3n) is 4.51. The minimum atomic E-state index is 0.284. The summed E-state index contributed by atoms with van der Waals surface area (Å²) in [5, 5.41) is 8.36. The van der Waals surface area contributed by atoms with Gasteiger partial charge in [-0.3, -0.25) is 5.41 Å². The van der Waals surface area contributed by atoms with Crippen LogP contribution in [0.15, 0.2) is 30.3 Å². The lowest BCUT2D eigenvalue weighted by Crippen LogP contribution is -2.31. The maximum Gasteiger partial charge on any atom is 0.128 e. The number of nitrogens with zero attached hydrogens (tertiary/aromatic N) is 1. The van der Waals surface area contributed by atoms with Crippen molar-refractivity contribution >= 4 is 11.4 Å². The topological polar surface area (TPSA) is 27.1 Å². The summed E-state index contributed by atoms with van der Waals surface area (Å²) in [6.45, 7) is 10.8. The Morgan fingerprint density at radius 3 is 2.33 bits per heavy atom. The van der Waals surface area contributed by atoms with Gasteiger partial charge < -0.3 is 4.90 Å². The van der Waals surface area contributed by atoms with Crippen LogP contribution < -0.4 is 0 Å². The summed E-state index contributed by atoms with van der Waals surface area (Å²) in [5.74, 6) is 0.644. The Bertz CT molecular complexity index is 523. The van der Waals surface area contributed by atoms with E-state index in [0.29, 0.717) is 5.84 Å². The molecule has 0 heterocycles. The monoisotopic (exact) mass is 284 g/mol. The lowest BCUT2D eigenvalue weighted by Gasteiger charge is -2.24. The van der Waals surface area contributed by atoms with Gasteiger partial charge in [-0.1, -0.05) is 51.1 Å². The SMILES string of the molecule is CCCN(CC)C(=N)c1ccc(C2=CCCC2(C)C)cc1. The zero-order chi connectivity index (χ0) is 15.5. The number of nitrogens with one attached hydrogen (secondary N) is 1. The molecule has 1 aliphatic carbocycles. The van der Waals surface area contributed by atoms with Crippen molar-refractivity contribution in [3.63, 3.8) is 0 Å². The van der Waals surface area contributed by atoms with E-state index >= 15 is 0 Å². The summed E-state index contributed by atoms with van der Waals surface area (Å²) in [4.78, 5) is 2.13. The Morgan fingerprint density at radius 2 is 1.86 bits per heavy atom. The molecule has 1 aromatic rings. The molecule has 0 bridgehead atoms. The molecule has 2 nitrogen and oxygen atoms in total. The molecular weight excluding hydrogens is 256 g/mol. The van der Waals surface area contributed by atoms with Gasteiger partial charge in [0.2, 0.25) is 0 Å². The fraction of sp³-hybridized carbons (Fsp3) is 0.526. The molecule has 0 amide bonds. The molecule has 1 aromatic carbocycles. The van der Waals surface area contributed by atoms with Crippen molar-refractivity contribution in [1.29, 1.82) is 5.41 Å². The van der Waals surface area contributed by atoms with Crippen molar-refractivity contribution < 1.29 is 0 Å². The molecule has 1 N–H and O–H groups in total. The van der Waals surface area contributed by atoms with Crippen LogP contribution in [0.5, 0.6) is 0 Å². The average molecular weight is 284 g/mol. The third kappa shape index (κ3) is 3.37. The number of benzene rings is 1. The second-order valence-corrected chi connectivity index (χ2v) is 6.55. The third-order valence-corrected chi connectivity index (χ3v) is 4.51. The standard InChI is InChI=1S/C19H28N2/c1-5-14-21(6-2)18(20)16-11-9-15(10-12-16)17-8-7-13-19(17,3)4/h8-12,20H,5-7,13-14H2,1-4H3. The molecule has 114 valence electrons. The van der Waals surface area contributed by atoms with Crippen molar-refractivity contribution in [1.82, 2.24) is 4.90 Å². The highest BCUT2D eigenvalue weighted by molar-refractivity contribution is 5.96. The zero-order valence-electron chi connectivity index (χ0n) is 13.9. The smallest absolute Gasteiger partial charge is 0.128 e. The first-order valence-electron chi connectivity index (χ1n) is 8.14. The van der Waals surface area contributed by atoms with Crippen LogP contribution in [0, 0.1) is 10.8 Å². The lowest BCUT2D eigenvalue weighted by atomic mass is 9.82. The van der Waals surface area contributed by atoms with Crippen LogP contribution in [0.4, 0.5) is 0 Å². The second-order valence-electron chi connectivity index (χ2n) is 6.55. The number of rotatable bonds is 5. The van der Waals surface area contributed by atoms with E-state index in [0.717, 1.165) is 25.1 Å². The van der Waals surface area contributed by atoms with Crippen molar-refractivity contribution in [3.05, 3.63) is 41.5 Å². The van der Waals surface area contributed by atoms with Crippen molar-refractivity contribution in [2.24, 2.45) is 5.41 Å². The van der Waals surface area contributed by atoms with Gasteiger partial charge in [0.05, 0.1) is 0 Å². The van der Waals surface area contributed by atoms with Crippen LogP contribution in [-0.2, 0) is 0 Å². The maximum atomic E-state index is 8.36. The average Bonchev–Trinajstić information content (AvgIpc) is 2.83. The molecular formula is C19H28N2. The van der Waals surface area contributed by atoms with E-state index in [-0.39, 0.29) is 5.41 Å². The first-order chi connectivity index (χ1) is 9.99. The molecule has 2 rings (SSSR count). The van der Waals surface area contributed by atoms with Gasteiger partial charge in [-0.05, 0) is 42.7 Å². The molecule has 2 heteroatoms. The number of hydrogen-bond donors (Lipinski definition) is 1.